The van der Waals surface area contributed by atoms with Crippen LogP contribution in [0.1, 0.15) is 11.1 Å². The smallest absolute Gasteiger partial charge is 0.297 e. The van der Waals surface area contributed by atoms with Crippen LogP contribution in [0.5, 0.6) is 5.88 Å². The van der Waals surface area contributed by atoms with Crippen molar-refractivity contribution in [3.8, 4) is 5.88 Å². The average molecular weight is 310 g/mol. The van der Waals surface area contributed by atoms with Crippen molar-refractivity contribution in [2.24, 2.45) is 5.84 Å². The SMILES string of the molecule is Cc1ccnc(OCc2c(Cl)cccc2N(N)P=O)c1. The van der Waals surface area contributed by atoms with Gasteiger partial charge in [-0.15, -0.1) is 0 Å². The van der Waals surface area contributed by atoms with Crippen LogP contribution in [-0.2, 0) is 11.2 Å². The van der Waals surface area contributed by atoms with E-state index in [-0.39, 0.29) is 15.2 Å². The van der Waals surface area contributed by atoms with Crippen LogP contribution < -0.4 is 15.4 Å². The fourth-order valence-corrected chi connectivity index (χ4v) is 2.18. The number of benzene rings is 1. The summed E-state index contributed by atoms with van der Waals surface area (Å²) in [6.45, 7) is 2.14. The van der Waals surface area contributed by atoms with Gasteiger partial charge in [0, 0.05) is 22.8 Å². The summed E-state index contributed by atoms with van der Waals surface area (Å²) in [6, 6.07) is 8.88. The summed E-state index contributed by atoms with van der Waals surface area (Å²) in [5.41, 5.74) is 2.25. The monoisotopic (exact) mass is 309 g/mol. The van der Waals surface area contributed by atoms with E-state index in [0.29, 0.717) is 22.2 Å². The normalized spacial score (nSPS) is 10.6. The first-order chi connectivity index (χ1) is 9.61. The third-order valence-corrected chi connectivity index (χ3v) is 3.43. The van der Waals surface area contributed by atoms with E-state index in [9.17, 15) is 4.57 Å². The summed E-state index contributed by atoms with van der Waals surface area (Å²) in [4.78, 5) is 4.11. The minimum absolute atomic E-state index is 0.189. The van der Waals surface area contributed by atoms with Gasteiger partial charge in [-0.1, -0.05) is 17.7 Å². The van der Waals surface area contributed by atoms with Crippen molar-refractivity contribution < 1.29 is 9.30 Å². The van der Waals surface area contributed by atoms with Gasteiger partial charge in [0.2, 0.25) is 5.88 Å². The maximum atomic E-state index is 10.9. The first-order valence-corrected chi connectivity index (χ1v) is 6.97. The predicted molar refractivity (Wildman–Crippen MR) is 79.0 cm³/mol. The highest BCUT2D eigenvalue weighted by molar-refractivity contribution is 7.25. The molecular weight excluding hydrogens is 297 g/mol. The molecule has 0 fully saturated rings. The first kappa shape index (κ1) is 14.7. The maximum Gasteiger partial charge on any atom is 0.297 e. The van der Waals surface area contributed by atoms with Gasteiger partial charge in [-0.05, 0) is 30.7 Å². The Kier molecular flexibility index (Phi) is 4.90. The first-order valence-electron chi connectivity index (χ1n) is 5.82. The molecule has 2 N–H and O–H groups in total. The summed E-state index contributed by atoms with van der Waals surface area (Å²) in [7, 11) is -0.321. The second-order valence-corrected chi connectivity index (χ2v) is 5.13. The molecule has 1 heterocycles. The Labute approximate surface area is 123 Å². The van der Waals surface area contributed by atoms with E-state index in [1.807, 2.05) is 19.1 Å². The topological polar surface area (TPSA) is 68.4 Å². The van der Waals surface area contributed by atoms with Gasteiger partial charge < -0.3 is 4.74 Å². The van der Waals surface area contributed by atoms with Crippen LogP contribution in [0, 0.1) is 6.92 Å². The zero-order valence-corrected chi connectivity index (χ0v) is 12.4. The van der Waals surface area contributed by atoms with Gasteiger partial charge in [-0.2, -0.15) is 0 Å². The predicted octanol–water partition coefficient (Wildman–Crippen LogP) is 3.51. The summed E-state index contributed by atoms with van der Waals surface area (Å²) in [6.07, 6.45) is 1.67. The van der Waals surface area contributed by atoms with Crippen molar-refractivity contribution in [3.63, 3.8) is 0 Å². The van der Waals surface area contributed by atoms with Gasteiger partial charge in [0.15, 0.2) is 0 Å². The standard InChI is InChI=1S/C13H13ClN3O2P/c1-9-5-6-16-13(7-9)19-8-10-11(14)3-2-4-12(10)17(15)20-18/h2-7H,8,15H2,1H3. The molecule has 0 bridgehead atoms. The summed E-state index contributed by atoms with van der Waals surface area (Å²) >= 11 is 6.14. The molecule has 20 heavy (non-hydrogen) atoms. The summed E-state index contributed by atoms with van der Waals surface area (Å²) < 4.78 is 17.6. The molecule has 1 aromatic heterocycles. The van der Waals surface area contributed by atoms with Crippen molar-refractivity contribution in [1.29, 1.82) is 0 Å². The highest BCUT2D eigenvalue weighted by atomic mass is 35.5. The van der Waals surface area contributed by atoms with E-state index in [4.69, 9.17) is 22.2 Å². The lowest BCUT2D eigenvalue weighted by atomic mass is 10.2. The molecule has 0 aliphatic heterocycles. The quantitative estimate of drug-likeness (QED) is 0.520. The van der Waals surface area contributed by atoms with Crippen LogP contribution in [0.3, 0.4) is 0 Å². The molecule has 0 aliphatic rings. The van der Waals surface area contributed by atoms with Crippen molar-refractivity contribution >= 4 is 25.9 Å². The number of aromatic nitrogens is 1. The highest BCUT2D eigenvalue weighted by Gasteiger charge is 2.12. The number of hydrazine groups is 1. The molecule has 0 saturated carbocycles. The Hall–Kier alpha value is -1.68. The minimum atomic E-state index is -0.321. The third kappa shape index (κ3) is 3.45. The molecule has 7 heteroatoms. The number of aryl methyl sites for hydroxylation is 1. The zero-order valence-electron chi connectivity index (χ0n) is 10.8. The Morgan fingerprint density at radius 2 is 2.25 bits per heavy atom. The zero-order chi connectivity index (χ0) is 14.5. The van der Waals surface area contributed by atoms with E-state index >= 15 is 0 Å². The molecule has 0 unspecified atom stereocenters. The van der Waals surface area contributed by atoms with Gasteiger partial charge in [-0.3, -0.25) is 0 Å². The second-order valence-electron chi connectivity index (χ2n) is 4.12. The number of nitrogens with zero attached hydrogens (tertiary/aromatic N) is 2. The fourth-order valence-electron chi connectivity index (χ4n) is 1.68. The van der Waals surface area contributed by atoms with Crippen LogP contribution in [0.2, 0.25) is 5.02 Å². The molecule has 2 rings (SSSR count). The minimum Gasteiger partial charge on any atom is -0.473 e. The van der Waals surface area contributed by atoms with Crippen LogP contribution >= 0.6 is 20.2 Å². The summed E-state index contributed by atoms with van der Waals surface area (Å²) in [5, 5.41) is 0.495. The van der Waals surface area contributed by atoms with E-state index in [1.54, 1.807) is 24.4 Å². The number of ether oxygens (including phenoxy) is 1. The largest absolute Gasteiger partial charge is 0.473 e. The van der Waals surface area contributed by atoms with Crippen LogP contribution in [0.25, 0.3) is 0 Å². The lowest BCUT2D eigenvalue weighted by Crippen LogP contribution is -2.20. The molecule has 1 aromatic carbocycles. The van der Waals surface area contributed by atoms with Gasteiger partial charge in [0.1, 0.15) is 6.61 Å². The maximum absolute atomic E-state index is 10.9. The molecular formula is C13H13ClN3O2P. The molecule has 0 saturated heterocycles. The Morgan fingerprint density at radius 3 is 2.95 bits per heavy atom. The molecule has 0 amide bonds. The second kappa shape index (κ2) is 6.66. The lowest BCUT2D eigenvalue weighted by molar-refractivity contribution is 0.294. The number of rotatable bonds is 5. The number of pyridine rings is 1. The molecule has 0 spiro atoms. The molecule has 104 valence electrons. The van der Waals surface area contributed by atoms with Gasteiger partial charge in [0.25, 0.3) is 8.61 Å². The van der Waals surface area contributed by atoms with Gasteiger partial charge in [0.05, 0.1) is 5.69 Å². The average Bonchev–Trinajstić information content (AvgIpc) is 2.45. The number of hydrogen-bond donors (Lipinski definition) is 1. The lowest BCUT2D eigenvalue weighted by Gasteiger charge is -2.16. The van der Waals surface area contributed by atoms with Crippen LogP contribution in [0.4, 0.5) is 5.69 Å². The van der Waals surface area contributed by atoms with Gasteiger partial charge >= 0.3 is 0 Å². The van der Waals surface area contributed by atoms with Crippen molar-refractivity contribution in [3.05, 3.63) is 52.7 Å². The molecule has 0 aliphatic carbocycles. The summed E-state index contributed by atoms with van der Waals surface area (Å²) in [5.74, 6) is 6.13. The molecule has 0 radical (unpaired) electrons. The Bertz CT molecular complexity index is 624. The van der Waals surface area contributed by atoms with Crippen LogP contribution in [0.15, 0.2) is 36.5 Å². The van der Waals surface area contributed by atoms with Crippen molar-refractivity contribution in [2.45, 2.75) is 13.5 Å². The van der Waals surface area contributed by atoms with E-state index in [1.165, 1.54) is 0 Å². The van der Waals surface area contributed by atoms with E-state index in [0.717, 1.165) is 10.3 Å². The molecule has 5 nitrogen and oxygen atoms in total. The number of hydrogen-bond acceptors (Lipinski definition) is 4. The highest BCUT2D eigenvalue weighted by Crippen LogP contribution is 2.29. The molecule has 0 atom stereocenters. The Balaban J connectivity index is 2.22. The molecule has 2 aromatic rings. The Morgan fingerprint density at radius 1 is 1.45 bits per heavy atom. The van der Waals surface area contributed by atoms with E-state index < -0.39 is 0 Å². The van der Waals surface area contributed by atoms with Crippen molar-refractivity contribution in [1.82, 2.24) is 4.98 Å². The van der Waals surface area contributed by atoms with E-state index in [2.05, 4.69) is 4.98 Å². The van der Waals surface area contributed by atoms with Gasteiger partial charge in [-0.25, -0.2) is 20.2 Å². The fraction of sp³-hybridized carbons (Fsp3) is 0.154. The number of nitrogens with two attached hydrogens (primary N) is 1. The third-order valence-electron chi connectivity index (χ3n) is 2.68. The van der Waals surface area contributed by atoms with Crippen molar-refractivity contribution in [2.75, 3.05) is 4.78 Å². The number of anilines is 1. The van der Waals surface area contributed by atoms with Crippen LogP contribution in [-0.4, -0.2) is 4.98 Å². The number of halogens is 1.